The molecule has 1 fully saturated rings. The zero-order valence-corrected chi connectivity index (χ0v) is 22.5. The van der Waals surface area contributed by atoms with E-state index in [4.69, 9.17) is 10.5 Å². The molecule has 1 unspecified atom stereocenters. The van der Waals surface area contributed by atoms with Gasteiger partial charge < -0.3 is 10.5 Å². The van der Waals surface area contributed by atoms with Crippen LogP contribution < -0.4 is 16.0 Å². The third-order valence-electron chi connectivity index (χ3n) is 6.46. The molecule has 0 amide bonds. The van der Waals surface area contributed by atoms with Crippen molar-refractivity contribution in [1.82, 2.24) is 24.5 Å². The van der Waals surface area contributed by atoms with E-state index in [2.05, 4.69) is 37.2 Å². The monoisotopic (exact) mass is 581 g/mol. The molecule has 5 rings (SSSR count). The lowest BCUT2D eigenvalue weighted by atomic mass is 9.95. The maximum Gasteiger partial charge on any atom is 0.299 e. The summed E-state index contributed by atoms with van der Waals surface area (Å²) in [5.74, 6) is 0.616. The van der Waals surface area contributed by atoms with E-state index in [1.165, 1.54) is 25.1 Å². The summed E-state index contributed by atoms with van der Waals surface area (Å²) in [7, 11) is 1.76. The zero-order valence-electron chi connectivity index (χ0n) is 20.9. The number of halogens is 2. The van der Waals surface area contributed by atoms with Gasteiger partial charge in [0.25, 0.3) is 5.82 Å². The summed E-state index contributed by atoms with van der Waals surface area (Å²) in [6, 6.07) is 6.77. The van der Waals surface area contributed by atoms with Gasteiger partial charge in [-0.3, -0.25) is 9.36 Å². The minimum Gasteiger partial charge on any atom is -0.478 e. The van der Waals surface area contributed by atoms with E-state index in [-0.39, 0.29) is 17.1 Å². The average molecular weight is 582 g/mol. The maximum absolute atomic E-state index is 15.6. The van der Waals surface area contributed by atoms with Gasteiger partial charge in [-0.1, -0.05) is 0 Å². The molecule has 1 aromatic carbocycles. The van der Waals surface area contributed by atoms with Gasteiger partial charge in [0.2, 0.25) is 5.75 Å². The van der Waals surface area contributed by atoms with Gasteiger partial charge in [-0.2, -0.15) is 25.9 Å². The Hall–Kier alpha value is -3.79. The standard InChI is InChI=1S/C26H26BrFN8O2/c1-14(38-23-6-18(27)10-31-26(23)34-37)20-7-19(30)8-21(28)24(20)25-17(12-35(2)33-25)5-16-13-36(11-15-3-4-15)32-22(16)9-29/h6-8,10,12-15,37H,3-5,11,30H2,1-2H3,(H,31,34)/p+1. The fraction of sp³-hybridized carbons (Fsp3) is 0.308. The predicted molar refractivity (Wildman–Crippen MR) is 140 cm³/mol. The first-order chi connectivity index (χ1) is 18.2. The summed E-state index contributed by atoms with van der Waals surface area (Å²) in [5, 5.41) is 28.3. The normalized spacial score (nSPS) is 13.9. The summed E-state index contributed by atoms with van der Waals surface area (Å²) in [5.41, 5.74) is 10.1. The van der Waals surface area contributed by atoms with E-state index >= 15 is 4.39 Å². The average Bonchev–Trinajstić information content (AvgIpc) is 3.49. The van der Waals surface area contributed by atoms with Crippen LogP contribution in [0, 0.1) is 23.1 Å². The number of nitrogen functional groups attached to an aromatic ring is 1. The number of hydrogen-bond acceptors (Lipinski definition) is 7. The quantitative estimate of drug-likeness (QED) is 0.201. The molecule has 38 heavy (non-hydrogen) atoms. The first-order valence-corrected chi connectivity index (χ1v) is 12.9. The number of aromatic nitrogens is 5. The van der Waals surface area contributed by atoms with Gasteiger partial charge in [0.15, 0.2) is 5.69 Å². The number of benzene rings is 1. The number of nitrogens with two attached hydrogens (primary N) is 2. The topological polar surface area (TPSA) is 144 Å². The molecule has 0 aliphatic heterocycles. The lowest BCUT2D eigenvalue weighted by Crippen LogP contribution is -2.74. The Morgan fingerprint density at radius 3 is 2.79 bits per heavy atom. The van der Waals surface area contributed by atoms with E-state index < -0.39 is 11.9 Å². The minimum atomic E-state index is -0.677. The highest BCUT2D eigenvalue weighted by atomic mass is 79.9. The van der Waals surface area contributed by atoms with Crippen LogP contribution in [0.15, 0.2) is 41.3 Å². The van der Waals surface area contributed by atoms with Crippen LogP contribution in [0.5, 0.6) is 5.75 Å². The Kier molecular flexibility index (Phi) is 7.16. The molecular weight excluding hydrogens is 555 g/mol. The molecule has 10 nitrogen and oxygen atoms in total. The van der Waals surface area contributed by atoms with Crippen LogP contribution in [0.3, 0.4) is 0 Å². The number of hydrogen-bond donors (Lipinski definition) is 3. The van der Waals surface area contributed by atoms with Crippen LogP contribution in [0.25, 0.3) is 11.3 Å². The smallest absolute Gasteiger partial charge is 0.299 e. The minimum absolute atomic E-state index is 0.233. The summed E-state index contributed by atoms with van der Waals surface area (Å²) < 4.78 is 25.8. The molecule has 1 atom stereocenters. The van der Waals surface area contributed by atoms with Crippen LogP contribution in [0.4, 0.5) is 15.9 Å². The van der Waals surface area contributed by atoms with Crippen LogP contribution >= 0.6 is 15.9 Å². The number of nitriles is 1. The molecule has 3 heterocycles. The number of aryl methyl sites for hydroxylation is 1. The number of quaternary nitrogens is 1. The fourth-order valence-corrected chi connectivity index (χ4v) is 4.83. The van der Waals surface area contributed by atoms with Gasteiger partial charge in [0.05, 0.1) is 5.69 Å². The molecule has 0 bridgehead atoms. The second-order valence-electron chi connectivity index (χ2n) is 9.53. The number of anilines is 1. The van der Waals surface area contributed by atoms with Crippen molar-refractivity contribution in [1.29, 1.82) is 5.26 Å². The molecule has 1 aliphatic rings. The molecule has 0 spiro atoms. The van der Waals surface area contributed by atoms with Crippen LogP contribution in [0.1, 0.15) is 48.3 Å². The van der Waals surface area contributed by atoms with Gasteiger partial charge in [-0.05, 0) is 53.7 Å². The second kappa shape index (κ2) is 10.5. The first kappa shape index (κ1) is 25.8. The van der Waals surface area contributed by atoms with E-state index in [1.807, 2.05) is 17.1 Å². The van der Waals surface area contributed by atoms with Crippen molar-refractivity contribution in [2.24, 2.45) is 13.0 Å². The van der Waals surface area contributed by atoms with Crippen LogP contribution in [-0.4, -0.2) is 29.8 Å². The lowest BCUT2D eigenvalue weighted by molar-refractivity contribution is -0.828. The lowest BCUT2D eigenvalue weighted by Gasteiger charge is -2.20. The summed E-state index contributed by atoms with van der Waals surface area (Å²) in [6.07, 6.45) is 7.28. The summed E-state index contributed by atoms with van der Waals surface area (Å²) in [6.45, 7) is 2.55. The Balaban J connectivity index is 1.54. The molecule has 0 saturated heterocycles. The number of rotatable bonds is 9. The van der Waals surface area contributed by atoms with Gasteiger partial charge >= 0.3 is 0 Å². The van der Waals surface area contributed by atoms with E-state index in [0.29, 0.717) is 39.5 Å². The Morgan fingerprint density at radius 2 is 2.08 bits per heavy atom. The molecule has 3 aromatic heterocycles. The molecule has 5 N–H and O–H groups in total. The van der Waals surface area contributed by atoms with E-state index in [1.54, 1.807) is 30.8 Å². The summed E-state index contributed by atoms with van der Waals surface area (Å²) >= 11 is 3.36. The third-order valence-corrected chi connectivity index (χ3v) is 6.90. The van der Waals surface area contributed by atoms with Crippen molar-refractivity contribution < 1.29 is 19.8 Å². The maximum atomic E-state index is 15.6. The molecule has 1 saturated carbocycles. The van der Waals surface area contributed by atoms with Crippen molar-refractivity contribution in [2.75, 3.05) is 5.73 Å². The molecule has 0 radical (unpaired) electrons. The largest absolute Gasteiger partial charge is 0.478 e. The van der Waals surface area contributed by atoms with Crippen LogP contribution in [0.2, 0.25) is 0 Å². The predicted octanol–water partition coefficient (Wildman–Crippen LogP) is 3.76. The van der Waals surface area contributed by atoms with Crippen molar-refractivity contribution in [3.8, 4) is 23.1 Å². The van der Waals surface area contributed by atoms with E-state index in [9.17, 15) is 10.5 Å². The van der Waals surface area contributed by atoms with Crippen molar-refractivity contribution in [2.45, 2.75) is 38.8 Å². The van der Waals surface area contributed by atoms with E-state index in [0.717, 1.165) is 23.2 Å². The summed E-state index contributed by atoms with van der Waals surface area (Å²) in [4.78, 5) is 4.14. The van der Waals surface area contributed by atoms with Gasteiger partial charge in [-0.25, -0.2) is 9.60 Å². The van der Waals surface area contributed by atoms with Gasteiger partial charge in [0.1, 0.15) is 18.0 Å². The van der Waals surface area contributed by atoms with Crippen molar-refractivity contribution >= 4 is 27.4 Å². The van der Waals surface area contributed by atoms with Crippen LogP contribution in [-0.2, 0) is 20.0 Å². The van der Waals surface area contributed by atoms with Crippen molar-refractivity contribution in [3.05, 3.63) is 69.5 Å². The first-order valence-electron chi connectivity index (χ1n) is 12.1. The molecule has 4 aromatic rings. The SMILES string of the molecule is CC(Oc1cc(Br)cnc1[NH2+]O)c1cc(N)cc(F)c1-c1nn(C)cc1Cc1cn(CC2CC2)nc1C#N. The highest BCUT2D eigenvalue weighted by Crippen LogP contribution is 2.38. The zero-order chi connectivity index (χ0) is 27.0. The van der Waals surface area contributed by atoms with Gasteiger partial charge in [0, 0.05) is 77.1 Å². The molecule has 12 heteroatoms. The van der Waals surface area contributed by atoms with Gasteiger partial charge in [-0.15, -0.1) is 0 Å². The molecular formula is C26H27BrFN8O2+. The Labute approximate surface area is 226 Å². The highest BCUT2D eigenvalue weighted by molar-refractivity contribution is 9.10. The Bertz CT molecular complexity index is 1540. The third kappa shape index (κ3) is 5.40. The number of ether oxygens (including phenoxy) is 1. The second-order valence-corrected chi connectivity index (χ2v) is 10.4. The molecule has 196 valence electrons. The van der Waals surface area contributed by atoms with Crippen molar-refractivity contribution in [3.63, 3.8) is 0 Å². The molecule has 1 aliphatic carbocycles. The Morgan fingerprint density at radius 1 is 1.29 bits per heavy atom. The fourth-order valence-electron chi connectivity index (χ4n) is 4.52. The number of nitrogens with zero attached hydrogens (tertiary/aromatic N) is 6. The highest BCUT2D eigenvalue weighted by Gasteiger charge is 2.26. The number of pyridine rings is 1.